The fourth-order valence-electron chi connectivity index (χ4n) is 8.77. The van der Waals surface area contributed by atoms with Gasteiger partial charge >= 0.3 is 5.97 Å². The van der Waals surface area contributed by atoms with Crippen molar-refractivity contribution in [1.82, 2.24) is 15.2 Å². The number of ether oxygens (including phenoxy) is 2. The zero-order chi connectivity index (χ0) is 39.4. The molecular weight excluding hydrogens is 721 g/mol. The number of esters is 1. The van der Waals surface area contributed by atoms with Crippen molar-refractivity contribution in [1.29, 1.82) is 0 Å². The van der Waals surface area contributed by atoms with Gasteiger partial charge in [0.15, 0.2) is 0 Å². The van der Waals surface area contributed by atoms with Crippen molar-refractivity contribution in [3.8, 4) is 17.6 Å². The molecule has 2 saturated heterocycles. The molecule has 0 unspecified atom stereocenters. The highest BCUT2D eigenvalue weighted by atomic mass is 16.6. The Morgan fingerprint density at radius 2 is 1.60 bits per heavy atom. The van der Waals surface area contributed by atoms with Gasteiger partial charge in [-0.2, -0.15) is 0 Å². The second-order valence-electron chi connectivity index (χ2n) is 14.3. The zero-order valence-corrected chi connectivity index (χ0v) is 31.1. The third-order valence-corrected chi connectivity index (χ3v) is 11.0. The third-order valence-electron chi connectivity index (χ3n) is 11.0. The number of hydrogen-bond donors (Lipinski definition) is 4. The Bertz CT molecular complexity index is 2300. The van der Waals surface area contributed by atoms with Crippen molar-refractivity contribution >= 4 is 23.5 Å². The van der Waals surface area contributed by atoms with E-state index in [1.165, 1.54) is 0 Å². The summed E-state index contributed by atoms with van der Waals surface area (Å²) >= 11 is 0. The lowest BCUT2D eigenvalue weighted by Crippen LogP contribution is -2.55. The van der Waals surface area contributed by atoms with Crippen LogP contribution in [-0.2, 0) is 31.0 Å². The molecule has 57 heavy (non-hydrogen) atoms. The summed E-state index contributed by atoms with van der Waals surface area (Å²) in [5.74, 6) is 3.80. The lowest BCUT2D eigenvalue weighted by atomic mass is 9.65. The van der Waals surface area contributed by atoms with Crippen molar-refractivity contribution in [2.24, 2.45) is 5.92 Å². The van der Waals surface area contributed by atoms with E-state index in [0.717, 1.165) is 16.8 Å². The van der Waals surface area contributed by atoms with Gasteiger partial charge in [-0.25, -0.2) is 0 Å². The van der Waals surface area contributed by atoms with E-state index < -0.39 is 53.3 Å². The van der Waals surface area contributed by atoms with Gasteiger partial charge in [-0.3, -0.25) is 24.3 Å². The van der Waals surface area contributed by atoms with E-state index in [-0.39, 0.29) is 32.8 Å². The highest BCUT2D eigenvalue weighted by Gasteiger charge is 2.74. The minimum absolute atomic E-state index is 0.0954. The van der Waals surface area contributed by atoms with Crippen LogP contribution in [0.15, 0.2) is 128 Å². The Kier molecular flexibility index (Phi) is 10.8. The number of cyclic esters (lactones) is 1. The number of pyridine rings is 1. The number of carbonyl (C=O) groups excluding carboxylic acids is 3. The molecule has 2 amide bonds. The molecule has 1 aromatic heterocycles. The van der Waals surface area contributed by atoms with E-state index in [9.17, 15) is 15.0 Å². The van der Waals surface area contributed by atoms with Crippen molar-refractivity contribution in [3.63, 3.8) is 0 Å². The Hall–Kier alpha value is -6.32. The average molecular weight is 763 g/mol. The van der Waals surface area contributed by atoms with Gasteiger partial charge in [-0.15, -0.1) is 0 Å². The molecular formula is C46H42N4O7. The molecule has 0 aliphatic carbocycles. The summed E-state index contributed by atoms with van der Waals surface area (Å²) in [5, 5.41) is 25.1. The van der Waals surface area contributed by atoms with Crippen molar-refractivity contribution in [2.75, 3.05) is 31.7 Å². The number of benzene rings is 4. The van der Waals surface area contributed by atoms with Gasteiger partial charge in [0, 0.05) is 42.5 Å². The maximum atomic E-state index is 15.3. The fraction of sp³-hybridized carbons (Fsp3) is 0.261. The van der Waals surface area contributed by atoms with Crippen LogP contribution in [0.5, 0.6) is 5.75 Å². The zero-order valence-electron chi connectivity index (χ0n) is 31.1. The van der Waals surface area contributed by atoms with Crippen LogP contribution in [0.1, 0.15) is 58.1 Å². The normalized spacial score (nSPS) is 23.4. The van der Waals surface area contributed by atoms with E-state index >= 15 is 9.59 Å². The number of nitrogens with one attached hydrogen (secondary N) is 2. The maximum Gasteiger partial charge on any atom is 0.324 e. The molecule has 0 saturated carbocycles. The number of nitrogens with zero attached hydrogens (tertiary/aromatic N) is 2. The summed E-state index contributed by atoms with van der Waals surface area (Å²) in [6.07, 6.45) is 1.59. The van der Waals surface area contributed by atoms with Crippen LogP contribution in [0, 0.1) is 17.8 Å². The van der Waals surface area contributed by atoms with Gasteiger partial charge < -0.3 is 30.3 Å². The Balaban J connectivity index is 1.37. The van der Waals surface area contributed by atoms with Crippen molar-refractivity contribution in [3.05, 3.63) is 161 Å². The largest absolute Gasteiger partial charge is 0.491 e. The number of rotatable bonds is 11. The number of fused-ring (bicyclic) bond motifs is 3. The lowest BCUT2D eigenvalue weighted by molar-refractivity contribution is -0.178. The van der Waals surface area contributed by atoms with Crippen molar-refractivity contribution in [2.45, 2.75) is 42.5 Å². The molecule has 6 atom stereocenters. The topological polar surface area (TPSA) is 150 Å². The summed E-state index contributed by atoms with van der Waals surface area (Å²) in [4.78, 5) is 51.8. The predicted octanol–water partition coefficient (Wildman–Crippen LogP) is 4.82. The standard InChI is InChI=1S/C46H42N4O7/c51-26-10-8-11-30-17-22-37-36(29-30)46(45(55)49-37)38(43(53)48-25-23-34-16-7-9-24-47-34)40-44(54)57-41(32-14-5-2-6-15-32)39(31-12-3-1-4-13-31)50(40)42(46)33-18-20-35(21-19-33)56-28-27-52/h1-7,9,12-22,24,29,38-42,51-52H,10,23,25-28H2,(H,48,53)(H,49,55)/t38-,39-,40-,41+,42+,46-/m1/s1. The minimum Gasteiger partial charge on any atom is -0.491 e. The molecule has 4 heterocycles. The van der Waals surface area contributed by atoms with Crippen molar-refractivity contribution < 1.29 is 34.1 Å². The monoisotopic (exact) mass is 762 g/mol. The molecule has 1 spiro atoms. The SMILES string of the molecule is O=C1O[C@@H](c2ccccc2)[C@@H](c2ccccc2)N2[C@@H](c3ccc(OCCO)cc3)[C@]3(C(=O)Nc4ccc(C#CCCO)cc43)[C@@H](C(=O)NCCc3ccccn3)[C@H]12. The van der Waals surface area contributed by atoms with Gasteiger partial charge in [-0.1, -0.05) is 90.7 Å². The van der Waals surface area contributed by atoms with E-state index in [1.54, 1.807) is 30.5 Å². The van der Waals surface area contributed by atoms with Gasteiger partial charge in [0.1, 0.15) is 29.9 Å². The Morgan fingerprint density at radius 1 is 0.860 bits per heavy atom. The molecule has 4 aromatic carbocycles. The number of hydrogen-bond acceptors (Lipinski definition) is 9. The maximum absolute atomic E-state index is 15.3. The Morgan fingerprint density at radius 3 is 2.30 bits per heavy atom. The summed E-state index contributed by atoms with van der Waals surface area (Å²) < 4.78 is 12.2. The highest BCUT2D eigenvalue weighted by molar-refractivity contribution is 6.12. The molecule has 3 aliphatic rings. The van der Waals surface area contributed by atoms with Crippen LogP contribution in [-0.4, -0.2) is 70.3 Å². The molecule has 3 aliphatic heterocycles. The first-order valence-electron chi connectivity index (χ1n) is 19.1. The molecule has 5 aromatic rings. The smallest absolute Gasteiger partial charge is 0.324 e. The van der Waals surface area contributed by atoms with Crippen LogP contribution in [0.3, 0.4) is 0 Å². The highest BCUT2D eigenvalue weighted by Crippen LogP contribution is 2.64. The van der Waals surface area contributed by atoms with E-state index in [1.807, 2.05) is 102 Å². The van der Waals surface area contributed by atoms with E-state index in [0.29, 0.717) is 34.5 Å². The first-order valence-corrected chi connectivity index (χ1v) is 19.1. The second kappa shape index (κ2) is 16.4. The molecule has 4 N–H and O–H groups in total. The van der Waals surface area contributed by atoms with Crippen LogP contribution >= 0.6 is 0 Å². The average Bonchev–Trinajstić information content (AvgIpc) is 3.72. The number of amides is 2. The van der Waals surface area contributed by atoms with Crippen LogP contribution in [0.25, 0.3) is 0 Å². The molecule has 2 fully saturated rings. The number of aromatic nitrogens is 1. The summed E-state index contributed by atoms with van der Waals surface area (Å²) in [6.45, 7) is 0.0349. The van der Waals surface area contributed by atoms with Crippen LogP contribution in [0.4, 0.5) is 5.69 Å². The quantitative estimate of drug-likeness (QED) is 0.110. The molecule has 0 radical (unpaired) electrons. The molecule has 11 heteroatoms. The number of aliphatic hydroxyl groups is 2. The summed E-state index contributed by atoms with van der Waals surface area (Å²) in [5.41, 5.74) is 3.01. The van der Waals surface area contributed by atoms with Gasteiger partial charge in [0.25, 0.3) is 0 Å². The van der Waals surface area contributed by atoms with Gasteiger partial charge in [0.2, 0.25) is 11.8 Å². The first kappa shape index (κ1) is 37.6. The molecule has 288 valence electrons. The van der Waals surface area contributed by atoms with Crippen LogP contribution < -0.4 is 15.4 Å². The van der Waals surface area contributed by atoms with E-state index in [4.69, 9.17) is 9.47 Å². The molecule has 0 bridgehead atoms. The predicted molar refractivity (Wildman–Crippen MR) is 212 cm³/mol. The number of morpholine rings is 1. The van der Waals surface area contributed by atoms with Crippen LogP contribution in [0.2, 0.25) is 0 Å². The molecule has 8 rings (SSSR count). The fourth-order valence-corrected chi connectivity index (χ4v) is 8.77. The number of anilines is 1. The lowest BCUT2D eigenvalue weighted by Gasteiger charge is -2.46. The van der Waals surface area contributed by atoms with E-state index in [2.05, 4.69) is 27.5 Å². The summed E-state index contributed by atoms with van der Waals surface area (Å²) in [7, 11) is 0. The first-order chi connectivity index (χ1) is 27.9. The summed E-state index contributed by atoms with van der Waals surface area (Å²) in [6, 6.07) is 34.7. The second-order valence-corrected chi connectivity index (χ2v) is 14.3. The number of aliphatic hydroxyl groups excluding tert-OH is 2. The third kappa shape index (κ3) is 6.93. The van der Waals surface area contributed by atoms with Gasteiger partial charge in [-0.05, 0) is 64.7 Å². The number of carbonyl (C=O) groups is 3. The molecule has 11 nitrogen and oxygen atoms in total. The minimum atomic E-state index is -1.67. The Labute approximate surface area is 330 Å². The van der Waals surface area contributed by atoms with Gasteiger partial charge in [0.05, 0.1) is 31.2 Å².